The lowest BCUT2D eigenvalue weighted by Crippen LogP contribution is -2.20. The van der Waals surface area contributed by atoms with E-state index < -0.39 is 5.91 Å². The second kappa shape index (κ2) is 7.29. The van der Waals surface area contributed by atoms with Gasteiger partial charge >= 0.3 is 0 Å². The Morgan fingerprint density at radius 3 is 2.88 bits per heavy atom. The molecule has 0 saturated heterocycles. The molecule has 2 N–H and O–H groups in total. The molecule has 94 valence electrons. The lowest BCUT2D eigenvalue weighted by Gasteiger charge is -2.09. The van der Waals surface area contributed by atoms with E-state index in [0.29, 0.717) is 6.61 Å². The van der Waals surface area contributed by atoms with E-state index in [4.69, 9.17) is 9.94 Å². The maximum absolute atomic E-state index is 11.0. The van der Waals surface area contributed by atoms with Gasteiger partial charge in [0.05, 0.1) is 17.5 Å². The molecule has 0 heterocycles. The van der Waals surface area contributed by atoms with Gasteiger partial charge in [-0.2, -0.15) is 0 Å². The molecule has 0 atom stereocenters. The summed E-state index contributed by atoms with van der Waals surface area (Å²) in [6.45, 7) is 2.79. The van der Waals surface area contributed by atoms with E-state index in [9.17, 15) is 4.79 Å². The van der Waals surface area contributed by atoms with Crippen LogP contribution >= 0.6 is 15.9 Å². The molecule has 1 aromatic rings. The van der Waals surface area contributed by atoms with E-state index in [-0.39, 0.29) is 6.42 Å². The highest BCUT2D eigenvalue weighted by Crippen LogP contribution is 2.26. The van der Waals surface area contributed by atoms with Gasteiger partial charge in [0, 0.05) is 0 Å². The lowest BCUT2D eigenvalue weighted by atomic mass is 10.1. The average molecular weight is 302 g/mol. The molecule has 0 radical (unpaired) electrons. The molecule has 0 saturated carbocycles. The predicted octanol–water partition coefficient (Wildman–Crippen LogP) is 2.68. The van der Waals surface area contributed by atoms with Crippen molar-refractivity contribution in [2.24, 2.45) is 0 Å². The normalized spacial score (nSPS) is 10.1. The zero-order valence-electron chi connectivity index (χ0n) is 9.70. The number of benzene rings is 1. The van der Waals surface area contributed by atoms with Crippen LogP contribution < -0.4 is 10.2 Å². The number of carbonyl (C=O) groups is 1. The van der Waals surface area contributed by atoms with E-state index in [1.165, 1.54) is 0 Å². The van der Waals surface area contributed by atoms with E-state index in [2.05, 4.69) is 22.9 Å². The summed E-state index contributed by atoms with van der Waals surface area (Å²) in [6.07, 6.45) is 2.25. The summed E-state index contributed by atoms with van der Waals surface area (Å²) < 4.78 is 6.38. The first-order valence-corrected chi connectivity index (χ1v) is 6.30. The molecule has 5 heteroatoms. The van der Waals surface area contributed by atoms with Crippen LogP contribution in [0.4, 0.5) is 0 Å². The first-order chi connectivity index (χ1) is 8.17. The summed E-state index contributed by atoms with van der Waals surface area (Å²) >= 11 is 3.39. The standard InChI is InChI=1S/C12H16BrNO3/c1-2-3-6-17-11-5-4-9(7-10(11)13)8-12(15)14-16/h4-5,7,16H,2-3,6,8H2,1H3,(H,14,15). The summed E-state index contributed by atoms with van der Waals surface area (Å²) in [4.78, 5) is 11.0. The molecular weight excluding hydrogens is 286 g/mol. The van der Waals surface area contributed by atoms with Crippen molar-refractivity contribution in [3.8, 4) is 5.75 Å². The Kier molecular flexibility index (Phi) is 6.00. The van der Waals surface area contributed by atoms with Gasteiger partial charge in [-0.15, -0.1) is 0 Å². The Hall–Kier alpha value is -1.07. The van der Waals surface area contributed by atoms with Crippen LogP contribution in [0.15, 0.2) is 22.7 Å². The Bertz CT molecular complexity index is 382. The fourth-order valence-electron chi connectivity index (χ4n) is 1.32. The SMILES string of the molecule is CCCCOc1ccc(CC(=O)NO)cc1Br. The minimum absolute atomic E-state index is 0.143. The topological polar surface area (TPSA) is 58.6 Å². The molecule has 17 heavy (non-hydrogen) atoms. The summed E-state index contributed by atoms with van der Waals surface area (Å²) in [6, 6.07) is 5.44. The minimum Gasteiger partial charge on any atom is -0.492 e. The number of unbranched alkanes of at least 4 members (excludes halogenated alkanes) is 1. The van der Waals surface area contributed by atoms with Gasteiger partial charge in [0.15, 0.2) is 0 Å². The number of carbonyl (C=O) groups excluding carboxylic acids is 1. The van der Waals surface area contributed by atoms with Crippen molar-refractivity contribution in [3.63, 3.8) is 0 Å². The van der Waals surface area contributed by atoms with E-state index in [0.717, 1.165) is 28.6 Å². The molecule has 0 bridgehead atoms. The van der Waals surface area contributed by atoms with Crippen LogP contribution in [0, 0.1) is 0 Å². The number of ether oxygens (including phenoxy) is 1. The van der Waals surface area contributed by atoms with Crippen LogP contribution in [0.25, 0.3) is 0 Å². The molecule has 0 aromatic heterocycles. The van der Waals surface area contributed by atoms with Gasteiger partial charge in [-0.25, -0.2) is 5.48 Å². The zero-order chi connectivity index (χ0) is 12.7. The third kappa shape index (κ3) is 4.75. The number of halogens is 1. The highest BCUT2D eigenvalue weighted by Gasteiger charge is 2.06. The van der Waals surface area contributed by atoms with Crippen LogP contribution in [-0.4, -0.2) is 17.7 Å². The maximum atomic E-state index is 11.0. The van der Waals surface area contributed by atoms with Gasteiger partial charge < -0.3 is 4.74 Å². The molecule has 0 spiro atoms. The van der Waals surface area contributed by atoms with Gasteiger partial charge in [0.25, 0.3) is 0 Å². The van der Waals surface area contributed by atoms with Crippen LogP contribution in [0.1, 0.15) is 25.3 Å². The van der Waals surface area contributed by atoms with Gasteiger partial charge in [-0.05, 0) is 40.0 Å². The first-order valence-electron chi connectivity index (χ1n) is 5.51. The molecule has 0 unspecified atom stereocenters. The molecule has 0 fully saturated rings. The molecule has 1 rings (SSSR count). The van der Waals surface area contributed by atoms with Crippen LogP contribution in [0.3, 0.4) is 0 Å². The largest absolute Gasteiger partial charge is 0.492 e. The lowest BCUT2D eigenvalue weighted by molar-refractivity contribution is -0.128. The van der Waals surface area contributed by atoms with Crippen molar-refractivity contribution in [3.05, 3.63) is 28.2 Å². The fraction of sp³-hybridized carbons (Fsp3) is 0.417. The summed E-state index contributed by atoms with van der Waals surface area (Å²) in [5, 5.41) is 8.43. The minimum atomic E-state index is -0.434. The van der Waals surface area contributed by atoms with Crippen LogP contribution in [0.2, 0.25) is 0 Å². The highest BCUT2D eigenvalue weighted by molar-refractivity contribution is 9.10. The smallest absolute Gasteiger partial charge is 0.247 e. The van der Waals surface area contributed by atoms with Crippen molar-refractivity contribution < 1.29 is 14.7 Å². The van der Waals surface area contributed by atoms with E-state index in [1.54, 1.807) is 11.5 Å². The second-order valence-corrected chi connectivity index (χ2v) is 4.53. The van der Waals surface area contributed by atoms with Crippen molar-refractivity contribution in [1.29, 1.82) is 0 Å². The quantitative estimate of drug-likeness (QED) is 0.482. The second-order valence-electron chi connectivity index (χ2n) is 3.68. The van der Waals surface area contributed by atoms with Crippen molar-refractivity contribution in [2.45, 2.75) is 26.2 Å². The molecule has 1 amide bonds. The average Bonchev–Trinajstić information content (AvgIpc) is 2.32. The van der Waals surface area contributed by atoms with Crippen molar-refractivity contribution in [1.82, 2.24) is 5.48 Å². The molecule has 0 aliphatic rings. The summed E-state index contributed by atoms with van der Waals surface area (Å²) in [7, 11) is 0. The Morgan fingerprint density at radius 2 is 2.29 bits per heavy atom. The van der Waals surface area contributed by atoms with Gasteiger partial charge in [0.2, 0.25) is 5.91 Å². The fourth-order valence-corrected chi connectivity index (χ4v) is 1.86. The van der Waals surface area contributed by atoms with Crippen LogP contribution in [-0.2, 0) is 11.2 Å². The Balaban J connectivity index is 2.62. The molecular formula is C12H16BrNO3. The molecule has 4 nitrogen and oxygen atoms in total. The molecule has 0 aliphatic heterocycles. The maximum Gasteiger partial charge on any atom is 0.247 e. The third-order valence-corrected chi connectivity index (χ3v) is 2.86. The van der Waals surface area contributed by atoms with Gasteiger partial charge in [-0.1, -0.05) is 19.4 Å². The molecule has 0 aliphatic carbocycles. The van der Waals surface area contributed by atoms with Gasteiger partial charge in [0.1, 0.15) is 5.75 Å². The Labute approximate surface area is 109 Å². The summed E-state index contributed by atoms with van der Waals surface area (Å²) in [5.74, 6) is 0.336. The van der Waals surface area contributed by atoms with Crippen LogP contribution in [0.5, 0.6) is 5.75 Å². The predicted molar refractivity (Wildman–Crippen MR) is 68.2 cm³/mol. The first kappa shape index (κ1) is 14.0. The van der Waals surface area contributed by atoms with Gasteiger partial charge in [-0.3, -0.25) is 10.0 Å². The zero-order valence-corrected chi connectivity index (χ0v) is 11.3. The Morgan fingerprint density at radius 1 is 1.53 bits per heavy atom. The number of amides is 1. The van der Waals surface area contributed by atoms with Crippen molar-refractivity contribution >= 4 is 21.8 Å². The highest BCUT2D eigenvalue weighted by atomic mass is 79.9. The number of hydroxylamine groups is 1. The number of nitrogens with one attached hydrogen (secondary N) is 1. The monoisotopic (exact) mass is 301 g/mol. The number of rotatable bonds is 6. The molecule has 1 aromatic carbocycles. The number of hydrogen-bond donors (Lipinski definition) is 2. The van der Waals surface area contributed by atoms with E-state index in [1.807, 2.05) is 12.1 Å². The summed E-state index contributed by atoms with van der Waals surface area (Å²) in [5.41, 5.74) is 2.42. The van der Waals surface area contributed by atoms with E-state index >= 15 is 0 Å². The number of hydrogen-bond acceptors (Lipinski definition) is 3. The van der Waals surface area contributed by atoms with Crippen molar-refractivity contribution in [2.75, 3.05) is 6.61 Å². The third-order valence-electron chi connectivity index (χ3n) is 2.24.